The Kier molecular flexibility index (Phi) is 10.4. The van der Waals surface area contributed by atoms with E-state index < -0.39 is 0 Å². The quantitative estimate of drug-likeness (QED) is 0.889. The maximum absolute atomic E-state index is 10.4. The van der Waals surface area contributed by atoms with Crippen LogP contribution in [-0.4, -0.2) is 16.6 Å². The predicted octanol–water partition coefficient (Wildman–Crippen LogP) is 1.64. The molecule has 80 valence electrons. The van der Waals surface area contributed by atoms with Gasteiger partial charge < -0.3 is 5.73 Å². The minimum absolute atomic E-state index is 0. The lowest BCUT2D eigenvalue weighted by atomic mass is 10.4. The normalized spacial score (nSPS) is 8.29. The summed E-state index contributed by atoms with van der Waals surface area (Å²) in [5.74, 6) is 0.816. The van der Waals surface area contributed by atoms with Crippen molar-refractivity contribution in [2.24, 2.45) is 5.73 Å². The fourth-order valence-corrected chi connectivity index (χ4v) is 1.42. The fraction of sp³-hybridized carbons (Fsp3) is 0.250. The summed E-state index contributed by atoms with van der Waals surface area (Å²) in [6, 6.07) is 5.71. The van der Waals surface area contributed by atoms with Crippen molar-refractivity contribution < 1.29 is 4.79 Å². The number of pyridine rings is 1. The van der Waals surface area contributed by atoms with Gasteiger partial charge in [-0.05, 0) is 12.1 Å². The molecule has 1 heterocycles. The highest BCUT2D eigenvalue weighted by molar-refractivity contribution is 7.99. The number of aromatic nitrogens is 1. The first-order valence-corrected chi connectivity index (χ1v) is 4.70. The summed E-state index contributed by atoms with van der Waals surface area (Å²) >= 11 is 1.48. The lowest BCUT2D eigenvalue weighted by molar-refractivity contribution is -0.115. The van der Waals surface area contributed by atoms with Crippen molar-refractivity contribution in [3.05, 3.63) is 30.1 Å². The number of rotatable bonds is 4. The molecule has 3 nitrogen and oxygen atoms in total. The maximum Gasteiger partial charge on any atom is 0.227 e. The van der Waals surface area contributed by atoms with Gasteiger partial charge >= 0.3 is 0 Å². The molecule has 0 aromatic carbocycles. The number of primary amides is 1. The van der Waals surface area contributed by atoms with Gasteiger partial charge in [-0.15, -0.1) is 36.6 Å². The van der Waals surface area contributed by atoms with Crippen LogP contribution in [0.4, 0.5) is 0 Å². The van der Waals surface area contributed by atoms with Crippen molar-refractivity contribution in [3.63, 3.8) is 0 Å². The van der Waals surface area contributed by atoms with E-state index in [4.69, 9.17) is 5.73 Å². The third-order valence-electron chi connectivity index (χ3n) is 1.22. The predicted molar refractivity (Wildman–Crippen MR) is 64.1 cm³/mol. The molecule has 0 spiro atoms. The zero-order valence-corrected chi connectivity index (χ0v) is 9.83. The van der Waals surface area contributed by atoms with Gasteiger partial charge in [0.2, 0.25) is 5.91 Å². The van der Waals surface area contributed by atoms with Gasteiger partial charge in [0.1, 0.15) is 0 Å². The van der Waals surface area contributed by atoms with Crippen LogP contribution in [0.15, 0.2) is 24.4 Å². The Morgan fingerprint density at radius 2 is 2.14 bits per heavy atom. The van der Waals surface area contributed by atoms with Gasteiger partial charge in [-0.2, -0.15) is 0 Å². The smallest absolute Gasteiger partial charge is 0.227 e. The molecule has 0 saturated heterocycles. The number of hydrogen-bond donors (Lipinski definition) is 1. The van der Waals surface area contributed by atoms with Crippen LogP contribution in [0, 0.1) is 0 Å². The third kappa shape index (κ3) is 7.00. The molecule has 14 heavy (non-hydrogen) atoms. The Balaban J connectivity index is 0. The number of thioether (sulfide) groups is 1. The highest BCUT2D eigenvalue weighted by atomic mass is 35.5. The molecule has 0 fully saturated rings. The standard InChI is InChI=1S/C8H10N2OS.2ClH/c9-8(11)6-12-5-7-3-1-2-4-10-7;;/h1-4H,5-6H2,(H2,9,11);2*1H. The molecular formula is C8H12Cl2N2OS. The lowest BCUT2D eigenvalue weighted by Gasteiger charge is -1.97. The summed E-state index contributed by atoms with van der Waals surface area (Å²) in [5, 5.41) is 0. The Hall–Kier alpha value is -0.450. The van der Waals surface area contributed by atoms with E-state index in [-0.39, 0.29) is 30.7 Å². The minimum Gasteiger partial charge on any atom is -0.369 e. The maximum atomic E-state index is 10.4. The molecule has 1 rings (SSSR count). The number of nitrogens with two attached hydrogens (primary N) is 1. The van der Waals surface area contributed by atoms with E-state index in [1.165, 1.54) is 11.8 Å². The van der Waals surface area contributed by atoms with Crippen LogP contribution in [0.5, 0.6) is 0 Å². The second-order valence-corrected chi connectivity index (χ2v) is 3.27. The summed E-state index contributed by atoms with van der Waals surface area (Å²) in [6.45, 7) is 0. The monoisotopic (exact) mass is 254 g/mol. The lowest BCUT2D eigenvalue weighted by Crippen LogP contribution is -2.13. The molecule has 0 aliphatic carbocycles. The number of nitrogens with zero attached hydrogens (tertiary/aromatic N) is 1. The number of amides is 1. The average molecular weight is 255 g/mol. The Morgan fingerprint density at radius 1 is 1.43 bits per heavy atom. The van der Waals surface area contributed by atoms with Gasteiger partial charge in [-0.1, -0.05) is 6.07 Å². The third-order valence-corrected chi connectivity index (χ3v) is 2.21. The summed E-state index contributed by atoms with van der Waals surface area (Å²) in [5.41, 5.74) is 5.95. The molecule has 0 aliphatic rings. The van der Waals surface area contributed by atoms with Gasteiger partial charge in [0.05, 0.1) is 11.4 Å². The van der Waals surface area contributed by atoms with Crippen molar-refractivity contribution in [1.82, 2.24) is 4.98 Å². The highest BCUT2D eigenvalue weighted by Crippen LogP contribution is 2.07. The van der Waals surface area contributed by atoms with Crippen molar-refractivity contribution in [2.45, 2.75) is 5.75 Å². The van der Waals surface area contributed by atoms with Crippen LogP contribution in [0.2, 0.25) is 0 Å². The first-order chi connectivity index (χ1) is 5.79. The van der Waals surface area contributed by atoms with Crippen LogP contribution in [-0.2, 0) is 10.5 Å². The first kappa shape index (κ1) is 16.0. The summed E-state index contributed by atoms with van der Waals surface area (Å²) < 4.78 is 0. The van der Waals surface area contributed by atoms with E-state index in [0.29, 0.717) is 5.75 Å². The van der Waals surface area contributed by atoms with Crippen molar-refractivity contribution >= 4 is 42.5 Å². The molecule has 2 N–H and O–H groups in total. The topological polar surface area (TPSA) is 56.0 Å². The molecule has 1 aromatic rings. The molecule has 0 atom stereocenters. The molecule has 1 aromatic heterocycles. The van der Waals surface area contributed by atoms with Crippen molar-refractivity contribution in [1.29, 1.82) is 0 Å². The second kappa shape index (κ2) is 9.12. The molecule has 6 heteroatoms. The minimum atomic E-state index is -0.282. The zero-order chi connectivity index (χ0) is 8.81. The Labute approximate surface area is 99.7 Å². The van der Waals surface area contributed by atoms with Crippen LogP contribution in [0.25, 0.3) is 0 Å². The molecule has 0 bridgehead atoms. The molecule has 1 amide bonds. The summed E-state index contributed by atoms with van der Waals surface area (Å²) in [4.78, 5) is 14.5. The second-order valence-electron chi connectivity index (χ2n) is 2.28. The van der Waals surface area contributed by atoms with Crippen LogP contribution >= 0.6 is 36.6 Å². The van der Waals surface area contributed by atoms with Gasteiger partial charge in [0.25, 0.3) is 0 Å². The number of carbonyl (C=O) groups excluding carboxylic acids is 1. The van der Waals surface area contributed by atoms with Gasteiger partial charge in [0, 0.05) is 11.9 Å². The van der Waals surface area contributed by atoms with Crippen molar-refractivity contribution in [3.8, 4) is 0 Å². The molecule has 0 radical (unpaired) electrons. The fourth-order valence-electron chi connectivity index (χ4n) is 0.740. The van der Waals surface area contributed by atoms with E-state index >= 15 is 0 Å². The Morgan fingerprint density at radius 3 is 2.64 bits per heavy atom. The number of hydrogen-bond acceptors (Lipinski definition) is 3. The van der Waals surface area contributed by atoms with E-state index in [1.807, 2.05) is 18.2 Å². The average Bonchev–Trinajstić information content (AvgIpc) is 2.05. The van der Waals surface area contributed by atoms with E-state index in [1.54, 1.807) is 6.20 Å². The van der Waals surface area contributed by atoms with E-state index in [9.17, 15) is 4.79 Å². The van der Waals surface area contributed by atoms with Crippen LogP contribution < -0.4 is 5.73 Å². The van der Waals surface area contributed by atoms with Gasteiger partial charge in [0.15, 0.2) is 0 Å². The van der Waals surface area contributed by atoms with E-state index in [2.05, 4.69) is 4.98 Å². The van der Waals surface area contributed by atoms with Crippen LogP contribution in [0.1, 0.15) is 5.69 Å². The molecule has 0 unspecified atom stereocenters. The summed E-state index contributed by atoms with van der Waals surface area (Å²) in [6.07, 6.45) is 1.74. The number of carbonyl (C=O) groups is 1. The van der Waals surface area contributed by atoms with Gasteiger partial charge in [-0.3, -0.25) is 9.78 Å². The Bertz CT molecular complexity index is 259. The summed E-state index contributed by atoms with van der Waals surface area (Å²) in [7, 11) is 0. The first-order valence-electron chi connectivity index (χ1n) is 3.55. The molecule has 0 saturated carbocycles. The number of halogens is 2. The van der Waals surface area contributed by atoms with Crippen LogP contribution in [0.3, 0.4) is 0 Å². The SMILES string of the molecule is Cl.Cl.NC(=O)CSCc1ccccn1. The van der Waals surface area contributed by atoms with Crippen molar-refractivity contribution in [2.75, 3.05) is 5.75 Å². The van der Waals surface area contributed by atoms with E-state index in [0.717, 1.165) is 11.4 Å². The zero-order valence-electron chi connectivity index (χ0n) is 7.38. The van der Waals surface area contributed by atoms with Gasteiger partial charge in [-0.25, -0.2) is 0 Å². The highest BCUT2D eigenvalue weighted by Gasteiger charge is 1.96. The molecular weight excluding hydrogens is 243 g/mol. The largest absolute Gasteiger partial charge is 0.369 e. The molecule has 0 aliphatic heterocycles.